The van der Waals surface area contributed by atoms with Gasteiger partial charge in [0.1, 0.15) is 0 Å². The molecule has 0 unspecified atom stereocenters. The van der Waals surface area contributed by atoms with E-state index in [1.165, 1.54) is 18.3 Å². The molecule has 0 atom stereocenters. The van der Waals surface area contributed by atoms with Crippen LogP contribution in [0.5, 0.6) is 0 Å². The fourth-order valence-electron chi connectivity index (χ4n) is 2.51. The molecule has 0 bridgehead atoms. The number of nitrogens with zero attached hydrogens (tertiary/aromatic N) is 6. The number of non-ortho nitro benzene ring substituents is 1. The molecule has 0 radical (unpaired) electrons. The molecule has 2 aromatic heterocycles. The highest BCUT2D eigenvalue weighted by Crippen LogP contribution is 2.24. The lowest BCUT2D eigenvalue weighted by Gasteiger charge is -2.09. The number of hydrogen-bond acceptors (Lipinski definition) is 10. The van der Waals surface area contributed by atoms with Crippen LogP contribution in [0.1, 0.15) is 11.1 Å². The van der Waals surface area contributed by atoms with Gasteiger partial charge in [-0.15, -0.1) is 0 Å². The van der Waals surface area contributed by atoms with Crippen molar-refractivity contribution < 1.29 is 9.55 Å². The van der Waals surface area contributed by atoms with E-state index in [0.717, 1.165) is 11.3 Å². The minimum atomic E-state index is -0.459. The Labute approximate surface area is 163 Å². The molecule has 4 aromatic rings. The maximum Gasteiger partial charge on any atom is 0.269 e. The van der Waals surface area contributed by atoms with Crippen molar-refractivity contribution >= 4 is 40.5 Å². The molecule has 0 spiro atoms. The maximum absolute atomic E-state index is 10.7. The van der Waals surface area contributed by atoms with E-state index in [0.29, 0.717) is 17.2 Å². The van der Waals surface area contributed by atoms with Gasteiger partial charge in [-0.3, -0.25) is 15.5 Å². The van der Waals surface area contributed by atoms with E-state index in [-0.39, 0.29) is 17.0 Å². The Morgan fingerprint density at radius 1 is 1.07 bits per heavy atom. The lowest BCUT2D eigenvalue weighted by molar-refractivity contribution is -0.384. The third-order valence-corrected chi connectivity index (χ3v) is 3.88. The first-order valence-corrected chi connectivity index (χ1v) is 8.46. The number of nitrogens with one attached hydrogen (secondary N) is 2. The first-order chi connectivity index (χ1) is 14.1. The summed E-state index contributed by atoms with van der Waals surface area (Å²) in [6.07, 6.45) is 1.51. The number of hydrogen-bond donors (Lipinski definition) is 2. The fourth-order valence-corrected chi connectivity index (χ4v) is 2.51. The molecule has 11 heteroatoms. The van der Waals surface area contributed by atoms with Crippen LogP contribution in [0.4, 0.5) is 23.0 Å². The van der Waals surface area contributed by atoms with Gasteiger partial charge in [-0.2, -0.15) is 10.1 Å². The Morgan fingerprint density at radius 3 is 2.48 bits per heavy atom. The summed E-state index contributed by atoms with van der Waals surface area (Å²) in [5.41, 5.74) is 5.87. The van der Waals surface area contributed by atoms with Crippen LogP contribution in [0.2, 0.25) is 0 Å². The second-order valence-electron chi connectivity index (χ2n) is 6.05. The Morgan fingerprint density at radius 2 is 1.79 bits per heavy atom. The summed E-state index contributed by atoms with van der Waals surface area (Å²) >= 11 is 0. The summed E-state index contributed by atoms with van der Waals surface area (Å²) in [6.45, 7) is 1.98. The number of anilines is 3. The number of aromatic nitrogens is 4. The molecule has 0 saturated carbocycles. The van der Waals surface area contributed by atoms with Crippen molar-refractivity contribution in [2.75, 3.05) is 10.7 Å². The van der Waals surface area contributed by atoms with Gasteiger partial charge in [0, 0.05) is 17.8 Å². The molecule has 0 aliphatic carbocycles. The van der Waals surface area contributed by atoms with Gasteiger partial charge >= 0.3 is 0 Å². The number of benzene rings is 2. The van der Waals surface area contributed by atoms with E-state index in [4.69, 9.17) is 0 Å². The van der Waals surface area contributed by atoms with Gasteiger partial charge in [0.25, 0.3) is 5.69 Å². The molecule has 0 amide bonds. The molecule has 2 heterocycles. The summed E-state index contributed by atoms with van der Waals surface area (Å²) < 4.78 is 4.67. The van der Waals surface area contributed by atoms with Crippen LogP contribution in [0.15, 0.2) is 58.3 Å². The van der Waals surface area contributed by atoms with Crippen molar-refractivity contribution in [3.05, 3.63) is 69.8 Å². The van der Waals surface area contributed by atoms with E-state index in [2.05, 4.69) is 40.8 Å². The van der Waals surface area contributed by atoms with Crippen molar-refractivity contribution in [3.8, 4) is 0 Å². The SMILES string of the molecule is Cc1cccc(Nc2nc3nonc3nc2N/N=C/c2ccc([N+](=O)[O-])cc2)c1. The van der Waals surface area contributed by atoms with Crippen molar-refractivity contribution in [2.24, 2.45) is 5.10 Å². The summed E-state index contributed by atoms with van der Waals surface area (Å²) in [6, 6.07) is 13.7. The third-order valence-electron chi connectivity index (χ3n) is 3.88. The molecule has 0 aliphatic rings. The number of fused-ring (bicyclic) bond motifs is 1. The van der Waals surface area contributed by atoms with Crippen LogP contribution < -0.4 is 10.7 Å². The lowest BCUT2D eigenvalue weighted by Crippen LogP contribution is -2.03. The van der Waals surface area contributed by atoms with Gasteiger partial charge in [0.15, 0.2) is 11.6 Å². The Hall–Kier alpha value is -4.41. The monoisotopic (exact) mass is 390 g/mol. The molecular formula is C18H14N8O3. The number of hydrazone groups is 1. The predicted molar refractivity (Wildman–Crippen MR) is 106 cm³/mol. The summed E-state index contributed by atoms with van der Waals surface area (Å²) in [4.78, 5) is 18.9. The van der Waals surface area contributed by atoms with Gasteiger partial charge in [-0.1, -0.05) is 12.1 Å². The van der Waals surface area contributed by atoms with Gasteiger partial charge in [-0.05, 0) is 52.6 Å². The normalized spacial score (nSPS) is 11.1. The van der Waals surface area contributed by atoms with E-state index < -0.39 is 4.92 Å². The molecule has 0 fully saturated rings. The minimum absolute atomic E-state index is 0.00889. The van der Waals surface area contributed by atoms with E-state index in [1.807, 2.05) is 31.2 Å². The van der Waals surface area contributed by atoms with Gasteiger partial charge in [0.2, 0.25) is 11.3 Å². The first kappa shape index (κ1) is 18.0. The number of aryl methyl sites for hydroxylation is 1. The van der Waals surface area contributed by atoms with Gasteiger partial charge in [-0.25, -0.2) is 9.61 Å². The minimum Gasteiger partial charge on any atom is -0.337 e. The number of rotatable bonds is 6. The molecule has 11 nitrogen and oxygen atoms in total. The molecule has 29 heavy (non-hydrogen) atoms. The summed E-state index contributed by atoms with van der Waals surface area (Å²) in [5, 5.41) is 25.4. The largest absolute Gasteiger partial charge is 0.337 e. The molecule has 2 N–H and O–H groups in total. The topological polar surface area (TPSA) is 144 Å². The average Bonchev–Trinajstić information content (AvgIpc) is 3.16. The summed E-state index contributed by atoms with van der Waals surface area (Å²) in [5.74, 6) is 0.701. The molecule has 2 aromatic carbocycles. The summed E-state index contributed by atoms with van der Waals surface area (Å²) in [7, 11) is 0. The third kappa shape index (κ3) is 4.13. The second-order valence-corrected chi connectivity index (χ2v) is 6.05. The fraction of sp³-hybridized carbons (Fsp3) is 0.0556. The van der Waals surface area contributed by atoms with Crippen LogP contribution in [-0.2, 0) is 0 Å². The van der Waals surface area contributed by atoms with Gasteiger partial charge in [0.05, 0.1) is 11.1 Å². The lowest BCUT2D eigenvalue weighted by atomic mass is 10.2. The van der Waals surface area contributed by atoms with Crippen LogP contribution in [0.3, 0.4) is 0 Å². The molecule has 0 saturated heterocycles. The van der Waals surface area contributed by atoms with Crippen molar-refractivity contribution in [3.63, 3.8) is 0 Å². The van der Waals surface area contributed by atoms with Gasteiger partial charge < -0.3 is 5.32 Å². The standard InChI is InChI=1S/C18H14N8O3/c1-11-3-2-4-13(9-11)20-15-16(22-18-17(21-15)24-29-25-18)23-19-10-12-5-7-14(8-6-12)26(27)28/h2-10H,1H3,(H,20,21,24)(H,22,23,25)/b19-10+. The quantitative estimate of drug-likeness (QED) is 0.287. The number of nitro groups is 1. The Kier molecular flexibility index (Phi) is 4.76. The highest BCUT2D eigenvalue weighted by molar-refractivity contribution is 5.82. The van der Waals surface area contributed by atoms with Crippen molar-refractivity contribution in [1.82, 2.24) is 20.3 Å². The Balaban J connectivity index is 1.59. The molecule has 4 rings (SSSR count). The Bertz CT molecular complexity index is 1200. The molecule has 144 valence electrons. The molecular weight excluding hydrogens is 376 g/mol. The van der Waals surface area contributed by atoms with Crippen molar-refractivity contribution in [1.29, 1.82) is 0 Å². The highest BCUT2D eigenvalue weighted by Gasteiger charge is 2.13. The zero-order valence-corrected chi connectivity index (χ0v) is 15.1. The van der Waals surface area contributed by atoms with E-state index in [1.54, 1.807) is 12.1 Å². The van der Waals surface area contributed by atoms with E-state index >= 15 is 0 Å². The predicted octanol–water partition coefficient (Wildman–Crippen LogP) is 3.42. The smallest absolute Gasteiger partial charge is 0.269 e. The second kappa shape index (κ2) is 7.68. The first-order valence-electron chi connectivity index (χ1n) is 8.46. The maximum atomic E-state index is 10.7. The zero-order valence-electron chi connectivity index (χ0n) is 15.1. The van der Waals surface area contributed by atoms with Crippen molar-refractivity contribution in [2.45, 2.75) is 6.92 Å². The molecule has 0 aliphatic heterocycles. The van der Waals surface area contributed by atoms with E-state index in [9.17, 15) is 10.1 Å². The number of nitro benzene ring substituents is 1. The van der Waals surface area contributed by atoms with Crippen LogP contribution >= 0.6 is 0 Å². The van der Waals surface area contributed by atoms with Crippen LogP contribution in [0, 0.1) is 17.0 Å². The van der Waals surface area contributed by atoms with Crippen LogP contribution in [-0.4, -0.2) is 31.4 Å². The van der Waals surface area contributed by atoms with Crippen LogP contribution in [0.25, 0.3) is 11.3 Å². The zero-order chi connectivity index (χ0) is 20.2. The average molecular weight is 390 g/mol. The highest BCUT2D eigenvalue weighted by atomic mass is 16.6.